The molecule has 0 bridgehead atoms. The van der Waals surface area contributed by atoms with Gasteiger partial charge >= 0.3 is 0 Å². The molecule has 1 aromatic carbocycles. The monoisotopic (exact) mass is 255 g/mol. The first-order valence-electron chi connectivity index (χ1n) is 5.88. The van der Waals surface area contributed by atoms with Gasteiger partial charge in [0, 0.05) is 22.2 Å². The number of halogens is 1. The van der Waals surface area contributed by atoms with Crippen molar-refractivity contribution in [3.63, 3.8) is 0 Å². The van der Waals surface area contributed by atoms with E-state index in [-0.39, 0.29) is 18.0 Å². The zero-order valence-corrected chi connectivity index (χ0v) is 10.8. The number of aliphatic hydroxyl groups is 1. The minimum atomic E-state index is -0.280. The van der Waals surface area contributed by atoms with E-state index in [1.807, 2.05) is 13.0 Å². The molecule has 94 valence electrons. The molecule has 1 aliphatic rings. The lowest BCUT2D eigenvalue weighted by atomic mass is 10.1. The summed E-state index contributed by atoms with van der Waals surface area (Å²) in [6, 6.07) is 7.13. The van der Waals surface area contributed by atoms with Gasteiger partial charge in [-0.2, -0.15) is 0 Å². The molecule has 0 heterocycles. The molecule has 2 rings (SSSR count). The summed E-state index contributed by atoms with van der Waals surface area (Å²) in [7, 11) is 0. The summed E-state index contributed by atoms with van der Waals surface area (Å²) < 4.78 is 13.0. The molecular weight excluding hydrogens is 237 g/mol. The summed E-state index contributed by atoms with van der Waals surface area (Å²) in [5.74, 6) is 0.527. The van der Waals surface area contributed by atoms with Crippen molar-refractivity contribution in [1.82, 2.24) is 5.32 Å². The highest BCUT2D eigenvalue weighted by molar-refractivity contribution is 7.99. The second kappa shape index (κ2) is 5.38. The van der Waals surface area contributed by atoms with E-state index in [1.165, 1.54) is 25.0 Å². The van der Waals surface area contributed by atoms with Crippen molar-refractivity contribution in [3.8, 4) is 0 Å². The minimum absolute atomic E-state index is 0.103. The molecule has 0 saturated heterocycles. The van der Waals surface area contributed by atoms with Crippen LogP contribution in [-0.2, 0) is 0 Å². The third-order valence-electron chi connectivity index (χ3n) is 2.83. The van der Waals surface area contributed by atoms with Gasteiger partial charge in [-0.05, 0) is 38.0 Å². The first-order valence-corrected chi connectivity index (χ1v) is 6.87. The highest BCUT2D eigenvalue weighted by Crippen LogP contribution is 2.27. The fraction of sp³-hybridized carbons (Fsp3) is 0.538. The number of aliphatic hydroxyl groups excluding tert-OH is 1. The van der Waals surface area contributed by atoms with Crippen molar-refractivity contribution in [2.24, 2.45) is 0 Å². The Hall–Kier alpha value is -0.580. The fourth-order valence-electron chi connectivity index (χ4n) is 1.65. The maximum Gasteiger partial charge on any atom is 0.124 e. The molecule has 4 heteroatoms. The third kappa shape index (κ3) is 3.98. The highest BCUT2D eigenvalue weighted by Gasteiger charge is 2.31. The quantitative estimate of drug-likeness (QED) is 0.766. The van der Waals surface area contributed by atoms with Crippen molar-refractivity contribution in [2.45, 2.75) is 36.2 Å². The lowest BCUT2D eigenvalue weighted by molar-refractivity contribution is 0.190. The van der Waals surface area contributed by atoms with Crippen LogP contribution in [0.3, 0.4) is 0 Å². The molecule has 1 atom stereocenters. The molecule has 0 spiro atoms. The van der Waals surface area contributed by atoms with Crippen molar-refractivity contribution in [3.05, 3.63) is 30.1 Å². The molecule has 1 aromatic rings. The molecule has 1 saturated carbocycles. The Balaban J connectivity index is 1.90. The maximum absolute atomic E-state index is 13.0. The van der Waals surface area contributed by atoms with Crippen LogP contribution in [0.1, 0.15) is 19.8 Å². The molecule has 1 unspecified atom stereocenters. The predicted octanol–water partition coefficient (Wildman–Crippen LogP) is 2.42. The number of thioether (sulfide) groups is 1. The molecular formula is C13H18FNOS. The van der Waals surface area contributed by atoms with Crippen LogP contribution in [0, 0.1) is 5.82 Å². The van der Waals surface area contributed by atoms with Gasteiger partial charge in [-0.1, -0.05) is 6.07 Å². The zero-order chi connectivity index (χ0) is 12.3. The lowest BCUT2D eigenvalue weighted by Crippen LogP contribution is -2.49. The summed E-state index contributed by atoms with van der Waals surface area (Å²) in [5, 5.41) is 12.9. The van der Waals surface area contributed by atoms with E-state index in [0.29, 0.717) is 6.04 Å². The van der Waals surface area contributed by atoms with Gasteiger partial charge in [0.25, 0.3) is 0 Å². The Bertz CT molecular complexity index is 383. The van der Waals surface area contributed by atoms with E-state index in [0.717, 1.165) is 10.6 Å². The van der Waals surface area contributed by atoms with Gasteiger partial charge in [-0.25, -0.2) is 4.39 Å². The van der Waals surface area contributed by atoms with Crippen molar-refractivity contribution in [2.75, 3.05) is 12.4 Å². The average Bonchev–Trinajstić information content (AvgIpc) is 3.11. The van der Waals surface area contributed by atoms with E-state index in [4.69, 9.17) is 0 Å². The van der Waals surface area contributed by atoms with E-state index in [1.54, 1.807) is 17.8 Å². The molecule has 0 aliphatic heterocycles. The van der Waals surface area contributed by atoms with Gasteiger partial charge < -0.3 is 10.4 Å². The van der Waals surface area contributed by atoms with Gasteiger partial charge in [0.1, 0.15) is 5.82 Å². The van der Waals surface area contributed by atoms with E-state index in [9.17, 15) is 9.50 Å². The van der Waals surface area contributed by atoms with Gasteiger partial charge in [0.2, 0.25) is 0 Å². The lowest BCUT2D eigenvalue weighted by Gasteiger charge is -2.28. The maximum atomic E-state index is 13.0. The summed E-state index contributed by atoms with van der Waals surface area (Å²) in [5.41, 5.74) is -0.280. The zero-order valence-electron chi connectivity index (χ0n) is 9.95. The molecule has 2 N–H and O–H groups in total. The fourth-order valence-corrected chi connectivity index (χ4v) is 2.68. The van der Waals surface area contributed by atoms with Gasteiger partial charge in [-0.3, -0.25) is 0 Å². The summed E-state index contributed by atoms with van der Waals surface area (Å²) in [6.07, 6.45) is 2.39. The van der Waals surface area contributed by atoms with Gasteiger partial charge in [0.15, 0.2) is 0 Å². The van der Waals surface area contributed by atoms with Crippen LogP contribution in [0.25, 0.3) is 0 Å². The van der Waals surface area contributed by atoms with Crippen LogP contribution in [0.2, 0.25) is 0 Å². The highest BCUT2D eigenvalue weighted by atomic mass is 32.2. The van der Waals surface area contributed by atoms with Crippen LogP contribution in [-0.4, -0.2) is 29.0 Å². The number of benzene rings is 1. The third-order valence-corrected chi connectivity index (χ3v) is 4.20. The average molecular weight is 255 g/mol. The standard InChI is InChI=1S/C13H18FNOS/c1-13(8-16,15-11-5-6-11)9-17-12-4-2-3-10(14)7-12/h2-4,7,11,15-16H,5-6,8-9H2,1H3. The Morgan fingerprint density at radius 2 is 2.29 bits per heavy atom. The predicted molar refractivity (Wildman–Crippen MR) is 68.8 cm³/mol. The second-order valence-electron chi connectivity index (χ2n) is 4.88. The number of nitrogens with one attached hydrogen (secondary N) is 1. The largest absolute Gasteiger partial charge is 0.394 e. The van der Waals surface area contributed by atoms with Crippen LogP contribution >= 0.6 is 11.8 Å². The molecule has 0 radical (unpaired) electrons. The molecule has 0 amide bonds. The topological polar surface area (TPSA) is 32.3 Å². The SMILES string of the molecule is CC(CO)(CSc1cccc(F)c1)NC1CC1. The van der Waals surface area contributed by atoms with Crippen molar-refractivity contribution in [1.29, 1.82) is 0 Å². The van der Waals surface area contributed by atoms with Gasteiger partial charge in [0.05, 0.1) is 6.61 Å². The van der Waals surface area contributed by atoms with E-state index in [2.05, 4.69) is 5.32 Å². The summed E-state index contributed by atoms with van der Waals surface area (Å²) >= 11 is 1.57. The van der Waals surface area contributed by atoms with Crippen molar-refractivity contribution >= 4 is 11.8 Å². The summed E-state index contributed by atoms with van der Waals surface area (Å²) in [4.78, 5) is 0.905. The molecule has 1 fully saturated rings. The summed E-state index contributed by atoms with van der Waals surface area (Å²) in [6.45, 7) is 2.11. The Morgan fingerprint density at radius 1 is 1.53 bits per heavy atom. The number of hydrogen-bond donors (Lipinski definition) is 2. The van der Waals surface area contributed by atoms with Gasteiger partial charge in [-0.15, -0.1) is 11.8 Å². The Labute approximate surface area is 106 Å². The molecule has 17 heavy (non-hydrogen) atoms. The van der Waals surface area contributed by atoms with Crippen molar-refractivity contribution < 1.29 is 9.50 Å². The van der Waals surface area contributed by atoms with E-state index < -0.39 is 0 Å². The molecule has 1 aliphatic carbocycles. The molecule has 0 aromatic heterocycles. The Morgan fingerprint density at radius 3 is 2.88 bits per heavy atom. The van der Waals surface area contributed by atoms with Crippen LogP contribution in [0.5, 0.6) is 0 Å². The van der Waals surface area contributed by atoms with E-state index >= 15 is 0 Å². The first-order chi connectivity index (χ1) is 8.11. The first kappa shape index (κ1) is 12.9. The van der Waals surface area contributed by atoms with Crippen LogP contribution < -0.4 is 5.32 Å². The smallest absolute Gasteiger partial charge is 0.124 e. The Kier molecular flexibility index (Phi) is 4.07. The van der Waals surface area contributed by atoms with Crippen LogP contribution in [0.4, 0.5) is 4.39 Å². The molecule has 2 nitrogen and oxygen atoms in total. The number of rotatable bonds is 6. The number of hydrogen-bond acceptors (Lipinski definition) is 3. The van der Waals surface area contributed by atoms with Crippen LogP contribution in [0.15, 0.2) is 29.2 Å². The second-order valence-corrected chi connectivity index (χ2v) is 5.93. The minimum Gasteiger partial charge on any atom is -0.394 e. The normalized spacial score (nSPS) is 19.0.